The molecule has 35 heavy (non-hydrogen) atoms. The van der Waals surface area contributed by atoms with Gasteiger partial charge in [-0.05, 0) is 68.1 Å². The zero-order chi connectivity index (χ0) is 24.3. The van der Waals surface area contributed by atoms with Gasteiger partial charge in [-0.3, -0.25) is 9.09 Å². The lowest BCUT2D eigenvalue weighted by atomic mass is 9.77. The van der Waals surface area contributed by atoms with Gasteiger partial charge in [0, 0.05) is 17.5 Å². The third kappa shape index (κ3) is 8.80. The van der Waals surface area contributed by atoms with Crippen LogP contribution in [0.5, 0.6) is 5.75 Å². The molecule has 0 radical (unpaired) electrons. The maximum absolute atomic E-state index is 12.5. The molecule has 1 heterocycles. The van der Waals surface area contributed by atoms with Gasteiger partial charge in [-0.15, -0.1) is 0 Å². The molecule has 196 valence electrons. The predicted molar refractivity (Wildman–Crippen MR) is 130 cm³/mol. The predicted octanol–water partition coefficient (Wildman–Crippen LogP) is 7.91. The van der Waals surface area contributed by atoms with E-state index in [1.54, 1.807) is 0 Å². The monoisotopic (exact) mass is 498 g/mol. The van der Waals surface area contributed by atoms with Crippen LogP contribution >= 0.6 is 0 Å². The Morgan fingerprint density at radius 3 is 2.03 bits per heavy atom. The highest BCUT2D eigenvalue weighted by atomic mass is 19.1. The molecule has 4 rings (SSSR count). The molecule has 2 aromatic rings. The van der Waals surface area contributed by atoms with Gasteiger partial charge in [0.1, 0.15) is 5.82 Å². The van der Waals surface area contributed by atoms with Gasteiger partial charge in [-0.25, -0.2) is 8.78 Å². The van der Waals surface area contributed by atoms with Crippen LogP contribution in [0, 0.1) is 23.5 Å². The number of ether oxygens (including phenoxy) is 3. The van der Waals surface area contributed by atoms with E-state index in [9.17, 15) is 13.2 Å². The van der Waals surface area contributed by atoms with Crippen molar-refractivity contribution >= 4 is 0 Å². The van der Waals surface area contributed by atoms with E-state index in [0.29, 0.717) is 17.8 Å². The molecular formula is C28H38F4O3. The summed E-state index contributed by atoms with van der Waals surface area (Å²) in [4.78, 5) is 0. The summed E-state index contributed by atoms with van der Waals surface area (Å²) < 4.78 is 53.5. The minimum absolute atomic E-state index is 0. The number of hydrogen-bond donors (Lipinski definition) is 0. The lowest BCUT2D eigenvalue weighted by molar-refractivity contribution is -0.206. The standard InChI is InChI=1S/C21H31FO2.C7H6F2O.FH/c1-2-3-17-14-23-21(24-15-17)20-10-8-19(9-11-20)18-6-4-16(5-7-18)12-13-22;1-10-7-3-2-5(8)4-6(7)9;/h8-11,16-18,21H,2-7,12-15H2,1H3;2-4H,1H3;1H. The second kappa shape index (κ2) is 15.1. The third-order valence-corrected chi connectivity index (χ3v) is 6.82. The van der Waals surface area contributed by atoms with Crippen LogP contribution in [0.2, 0.25) is 0 Å². The van der Waals surface area contributed by atoms with E-state index in [1.807, 2.05) is 0 Å². The molecule has 1 saturated carbocycles. The van der Waals surface area contributed by atoms with E-state index < -0.39 is 11.6 Å². The van der Waals surface area contributed by atoms with E-state index in [0.717, 1.165) is 37.3 Å². The molecule has 0 spiro atoms. The molecular weight excluding hydrogens is 460 g/mol. The molecule has 1 aliphatic heterocycles. The molecule has 0 atom stereocenters. The van der Waals surface area contributed by atoms with Crippen molar-refractivity contribution in [1.82, 2.24) is 0 Å². The Kier molecular flexibility index (Phi) is 12.6. The Labute approximate surface area is 206 Å². The van der Waals surface area contributed by atoms with E-state index in [1.165, 1.54) is 57.3 Å². The van der Waals surface area contributed by atoms with Crippen LogP contribution < -0.4 is 4.74 Å². The summed E-state index contributed by atoms with van der Waals surface area (Å²) in [5.41, 5.74) is 2.54. The summed E-state index contributed by atoms with van der Waals surface area (Å²) >= 11 is 0. The summed E-state index contributed by atoms with van der Waals surface area (Å²) in [6.45, 7) is 3.65. The number of hydrogen-bond acceptors (Lipinski definition) is 3. The minimum atomic E-state index is -0.678. The van der Waals surface area contributed by atoms with Crippen molar-refractivity contribution in [2.45, 2.75) is 64.1 Å². The van der Waals surface area contributed by atoms with Crippen LogP contribution in [0.15, 0.2) is 42.5 Å². The van der Waals surface area contributed by atoms with Gasteiger partial charge in [-0.1, -0.05) is 37.6 Å². The lowest BCUT2D eigenvalue weighted by Crippen LogP contribution is -2.27. The second-order valence-corrected chi connectivity index (χ2v) is 9.29. The highest BCUT2D eigenvalue weighted by Gasteiger charge is 2.25. The highest BCUT2D eigenvalue weighted by molar-refractivity contribution is 5.27. The third-order valence-electron chi connectivity index (χ3n) is 6.82. The Morgan fingerprint density at radius 1 is 0.857 bits per heavy atom. The lowest BCUT2D eigenvalue weighted by Gasteiger charge is -2.30. The minimum Gasteiger partial charge on any atom is -0.494 e. The van der Waals surface area contributed by atoms with Gasteiger partial charge < -0.3 is 14.2 Å². The molecule has 7 heteroatoms. The first-order valence-electron chi connectivity index (χ1n) is 12.4. The number of halogens is 4. The fourth-order valence-electron chi connectivity index (χ4n) is 4.82. The molecule has 0 unspecified atom stereocenters. The van der Waals surface area contributed by atoms with Gasteiger partial charge in [0.25, 0.3) is 0 Å². The summed E-state index contributed by atoms with van der Waals surface area (Å²) in [6.07, 6.45) is 7.64. The normalized spacial score (nSPS) is 24.0. The van der Waals surface area contributed by atoms with Gasteiger partial charge in [0.2, 0.25) is 0 Å². The van der Waals surface area contributed by atoms with Crippen molar-refractivity contribution < 1.29 is 32.1 Å². The van der Waals surface area contributed by atoms with Crippen molar-refractivity contribution in [3.8, 4) is 5.75 Å². The molecule has 0 amide bonds. The van der Waals surface area contributed by atoms with Crippen LogP contribution in [0.1, 0.15) is 75.2 Å². The smallest absolute Gasteiger partial charge is 0.183 e. The zero-order valence-electron chi connectivity index (χ0n) is 20.7. The van der Waals surface area contributed by atoms with E-state index in [2.05, 4.69) is 35.9 Å². The Bertz CT molecular complexity index is 801. The topological polar surface area (TPSA) is 27.7 Å². The summed E-state index contributed by atoms with van der Waals surface area (Å²) in [7, 11) is 1.33. The van der Waals surface area contributed by atoms with Crippen LogP contribution in [-0.2, 0) is 9.47 Å². The van der Waals surface area contributed by atoms with Gasteiger partial charge in [0.15, 0.2) is 17.9 Å². The summed E-state index contributed by atoms with van der Waals surface area (Å²) in [6, 6.07) is 12.0. The second-order valence-electron chi connectivity index (χ2n) is 9.29. The fraction of sp³-hybridized carbons (Fsp3) is 0.571. The molecule has 0 bridgehead atoms. The maximum atomic E-state index is 12.5. The van der Waals surface area contributed by atoms with Crippen LogP contribution in [-0.4, -0.2) is 27.0 Å². The Hall–Kier alpha value is -2.12. The SMILES string of the molecule is CCCC1COC(c2ccc(C3CCC(CCF)CC3)cc2)OC1.COc1ccc(F)cc1F.F. The first kappa shape index (κ1) is 29.1. The average Bonchev–Trinajstić information content (AvgIpc) is 2.86. The molecule has 2 fully saturated rings. The van der Waals surface area contributed by atoms with Crippen molar-refractivity contribution in [2.75, 3.05) is 27.0 Å². The van der Waals surface area contributed by atoms with Crippen molar-refractivity contribution in [1.29, 1.82) is 0 Å². The molecule has 3 nitrogen and oxygen atoms in total. The molecule has 2 aromatic carbocycles. The van der Waals surface area contributed by atoms with Crippen LogP contribution in [0.3, 0.4) is 0 Å². The summed E-state index contributed by atoms with van der Waals surface area (Å²) in [5, 5.41) is 0. The Balaban J connectivity index is 0.000000332. The summed E-state index contributed by atoms with van der Waals surface area (Å²) in [5.74, 6) is 0.565. The molecule has 0 aromatic heterocycles. The van der Waals surface area contributed by atoms with Crippen LogP contribution in [0.25, 0.3) is 0 Å². The van der Waals surface area contributed by atoms with Crippen molar-refractivity contribution in [3.63, 3.8) is 0 Å². The number of benzene rings is 2. The van der Waals surface area contributed by atoms with E-state index in [4.69, 9.17) is 9.47 Å². The number of rotatable bonds is 7. The fourth-order valence-corrected chi connectivity index (χ4v) is 4.82. The van der Waals surface area contributed by atoms with E-state index >= 15 is 0 Å². The highest BCUT2D eigenvalue weighted by Crippen LogP contribution is 2.37. The van der Waals surface area contributed by atoms with Gasteiger partial charge in [0.05, 0.1) is 27.0 Å². The quantitative estimate of drug-likeness (QED) is 0.363. The van der Waals surface area contributed by atoms with Gasteiger partial charge in [-0.2, -0.15) is 0 Å². The Morgan fingerprint density at radius 2 is 1.49 bits per heavy atom. The molecule has 1 saturated heterocycles. The average molecular weight is 499 g/mol. The zero-order valence-corrected chi connectivity index (χ0v) is 20.7. The van der Waals surface area contributed by atoms with Crippen molar-refractivity contribution in [3.05, 3.63) is 65.2 Å². The first-order chi connectivity index (χ1) is 16.5. The largest absolute Gasteiger partial charge is 0.494 e. The number of alkyl halides is 1. The molecule has 0 N–H and O–H groups in total. The van der Waals surface area contributed by atoms with E-state index in [-0.39, 0.29) is 23.4 Å². The van der Waals surface area contributed by atoms with Crippen LogP contribution in [0.4, 0.5) is 17.9 Å². The molecule has 1 aliphatic carbocycles. The first-order valence-corrected chi connectivity index (χ1v) is 12.4. The van der Waals surface area contributed by atoms with Gasteiger partial charge >= 0.3 is 0 Å². The molecule has 2 aliphatic rings. The number of methoxy groups -OCH3 is 1. The maximum Gasteiger partial charge on any atom is 0.183 e. The van der Waals surface area contributed by atoms with Crippen molar-refractivity contribution in [2.24, 2.45) is 11.8 Å².